The normalized spacial score (nSPS) is 10.8. The van der Waals surface area contributed by atoms with Gasteiger partial charge < -0.3 is 15.4 Å². The molecule has 0 bridgehead atoms. The van der Waals surface area contributed by atoms with Crippen molar-refractivity contribution in [1.82, 2.24) is 0 Å². The first-order valence-corrected chi connectivity index (χ1v) is 8.35. The molecular weight excluding hydrogens is 300 g/mol. The van der Waals surface area contributed by atoms with E-state index >= 15 is 0 Å². The Labute approximate surface area is 144 Å². The van der Waals surface area contributed by atoms with Gasteiger partial charge in [-0.25, -0.2) is 0 Å². The SMILES string of the molecule is CC(C)Oc1ccccc1NCC(=O)Nc1ccccc1C(C)C. The zero-order chi connectivity index (χ0) is 17.5. The molecule has 0 aliphatic heterocycles. The van der Waals surface area contributed by atoms with Crippen LogP contribution < -0.4 is 15.4 Å². The van der Waals surface area contributed by atoms with Crippen molar-refractivity contribution >= 4 is 17.3 Å². The Balaban J connectivity index is 2.00. The minimum atomic E-state index is -0.0811. The summed E-state index contributed by atoms with van der Waals surface area (Å²) in [6.07, 6.45) is 0.0831. The number of rotatable bonds is 7. The minimum absolute atomic E-state index is 0.0811. The van der Waals surface area contributed by atoms with E-state index in [1.807, 2.05) is 62.4 Å². The number of benzene rings is 2. The number of para-hydroxylation sites is 3. The van der Waals surface area contributed by atoms with E-state index in [-0.39, 0.29) is 18.6 Å². The van der Waals surface area contributed by atoms with Gasteiger partial charge in [0, 0.05) is 5.69 Å². The molecule has 2 N–H and O–H groups in total. The molecule has 0 aliphatic carbocycles. The molecule has 4 heteroatoms. The lowest BCUT2D eigenvalue weighted by molar-refractivity contribution is -0.114. The van der Waals surface area contributed by atoms with E-state index in [9.17, 15) is 4.79 Å². The molecule has 0 unspecified atom stereocenters. The summed E-state index contributed by atoms with van der Waals surface area (Å²) >= 11 is 0. The van der Waals surface area contributed by atoms with Crippen molar-refractivity contribution in [2.45, 2.75) is 39.7 Å². The summed E-state index contributed by atoms with van der Waals surface area (Å²) in [5, 5.41) is 6.13. The van der Waals surface area contributed by atoms with Gasteiger partial charge in [0.15, 0.2) is 0 Å². The number of amides is 1. The van der Waals surface area contributed by atoms with Crippen molar-refractivity contribution in [2.75, 3.05) is 17.2 Å². The van der Waals surface area contributed by atoms with Gasteiger partial charge in [-0.2, -0.15) is 0 Å². The fraction of sp³-hybridized carbons (Fsp3) is 0.350. The topological polar surface area (TPSA) is 50.4 Å². The Bertz CT molecular complexity index is 681. The molecule has 24 heavy (non-hydrogen) atoms. The highest BCUT2D eigenvalue weighted by Crippen LogP contribution is 2.25. The van der Waals surface area contributed by atoms with E-state index in [1.165, 1.54) is 0 Å². The minimum Gasteiger partial charge on any atom is -0.489 e. The highest BCUT2D eigenvalue weighted by atomic mass is 16.5. The zero-order valence-corrected chi connectivity index (χ0v) is 14.8. The fourth-order valence-corrected chi connectivity index (χ4v) is 2.45. The summed E-state index contributed by atoms with van der Waals surface area (Å²) in [5.74, 6) is 1.03. The first kappa shape index (κ1) is 17.9. The molecule has 0 heterocycles. The third-order valence-electron chi connectivity index (χ3n) is 3.55. The average molecular weight is 326 g/mol. The third kappa shape index (κ3) is 5.01. The van der Waals surface area contributed by atoms with Crippen molar-refractivity contribution < 1.29 is 9.53 Å². The van der Waals surface area contributed by atoms with Crippen molar-refractivity contribution in [1.29, 1.82) is 0 Å². The van der Waals surface area contributed by atoms with Gasteiger partial charge in [0.25, 0.3) is 0 Å². The number of nitrogens with one attached hydrogen (secondary N) is 2. The van der Waals surface area contributed by atoms with Crippen LogP contribution >= 0.6 is 0 Å². The molecule has 0 aliphatic rings. The van der Waals surface area contributed by atoms with Crippen LogP contribution in [0.1, 0.15) is 39.2 Å². The number of carbonyl (C=O) groups excluding carboxylic acids is 1. The zero-order valence-electron chi connectivity index (χ0n) is 14.8. The van der Waals surface area contributed by atoms with Crippen LogP contribution in [-0.2, 0) is 4.79 Å². The van der Waals surface area contributed by atoms with E-state index in [2.05, 4.69) is 24.5 Å². The molecule has 0 saturated heterocycles. The quantitative estimate of drug-likeness (QED) is 0.779. The Kier molecular flexibility index (Phi) is 6.24. The maximum absolute atomic E-state index is 12.3. The maximum Gasteiger partial charge on any atom is 0.243 e. The lowest BCUT2D eigenvalue weighted by Gasteiger charge is -2.16. The molecule has 0 spiro atoms. The molecule has 128 valence electrons. The van der Waals surface area contributed by atoms with E-state index in [4.69, 9.17) is 4.74 Å². The molecule has 4 nitrogen and oxygen atoms in total. The van der Waals surface area contributed by atoms with Crippen LogP contribution in [0.5, 0.6) is 5.75 Å². The van der Waals surface area contributed by atoms with E-state index in [0.29, 0.717) is 5.92 Å². The van der Waals surface area contributed by atoms with Crippen LogP contribution in [0.2, 0.25) is 0 Å². The van der Waals surface area contributed by atoms with Gasteiger partial charge in [0.05, 0.1) is 18.3 Å². The van der Waals surface area contributed by atoms with Crippen molar-refractivity contribution in [3.05, 3.63) is 54.1 Å². The molecule has 0 atom stereocenters. The van der Waals surface area contributed by atoms with Crippen molar-refractivity contribution in [3.63, 3.8) is 0 Å². The molecule has 0 fully saturated rings. The molecular formula is C20H26N2O2. The van der Waals surface area contributed by atoms with Gasteiger partial charge in [-0.05, 0) is 43.5 Å². The highest BCUT2D eigenvalue weighted by Gasteiger charge is 2.10. The van der Waals surface area contributed by atoms with Gasteiger partial charge in [0.2, 0.25) is 5.91 Å². The van der Waals surface area contributed by atoms with Gasteiger partial charge >= 0.3 is 0 Å². The lowest BCUT2D eigenvalue weighted by Crippen LogP contribution is -2.23. The first-order chi connectivity index (χ1) is 11.5. The molecule has 2 aromatic carbocycles. The molecule has 2 rings (SSSR count). The predicted molar refractivity (Wildman–Crippen MR) is 99.9 cm³/mol. The van der Waals surface area contributed by atoms with Crippen LogP contribution in [0.4, 0.5) is 11.4 Å². The second-order valence-corrected chi connectivity index (χ2v) is 6.31. The summed E-state index contributed by atoms with van der Waals surface area (Å²) in [5.41, 5.74) is 2.82. The summed E-state index contributed by atoms with van der Waals surface area (Å²) in [6.45, 7) is 8.37. The van der Waals surface area contributed by atoms with Gasteiger partial charge in [-0.15, -0.1) is 0 Å². The first-order valence-electron chi connectivity index (χ1n) is 8.35. The van der Waals surface area contributed by atoms with Crippen LogP contribution in [0, 0.1) is 0 Å². The van der Waals surface area contributed by atoms with E-state index in [0.717, 1.165) is 22.7 Å². The van der Waals surface area contributed by atoms with Gasteiger partial charge in [-0.3, -0.25) is 4.79 Å². The number of hydrogen-bond acceptors (Lipinski definition) is 3. The maximum atomic E-state index is 12.3. The Morgan fingerprint density at radius 2 is 1.58 bits per heavy atom. The number of carbonyl (C=O) groups is 1. The molecule has 1 amide bonds. The fourth-order valence-electron chi connectivity index (χ4n) is 2.45. The molecule has 0 saturated carbocycles. The predicted octanol–water partition coefficient (Wildman–Crippen LogP) is 4.65. The van der Waals surface area contributed by atoms with Crippen molar-refractivity contribution in [3.8, 4) is 5.75 Å². The summed E-state index contributed by atoms with van der Waals surface area (Å²) in [7, 11) is 0. The smallest absolute Gasteiger partial charge is 0.243 e. The van der Waals surface area contributed by atoms with E-state index in [1.54, 1.807) is 0 Å². The summed E-state index contributed by atoms with van der Waals surface area (Å²) in [6, 6.07) is 15.5. The lowest BCUT2D eigenvalue weighted by atomic mass is 10.0. The third-order valence-corrected chi connectivity index (χ3v) is 3.55. The second-order valence-electron chi connectivity index (χ2n) is 6.31. The van der Waals surface area contributed by atoms with E-state index < -0.39 is 0 Å². The number of hydrogen-bond donors (Lipinski definition) is 2. The van der Waals surface area contributed by atoms with Crippen LogP contribution in [0.3, 0.4) is 0 Å². The Hall–Kier alpha value is -2.49. The van der Waals surface area contributed by atoms with Crippen LogP contribution in [0.25, 0.3) is 0 Å². The standard InChI is InChI=1S/C20H26N2O2/c1-14(2)16-9-5-6-10-17(16)22-20(23)13-21-18-11-7-8-12-19(18)24-15(3)4/h5-12,14-15,21H,13H2,1-4H3,(H,22,23). The van der Waals surface area contributed by atoms with Gasteiger partial charge in [-0.1, -0.05) is 44.2 Å². The van der Waals surface area contributed by atoms with Crippen LogP contribution in [-0.4, -0.2) is 18.6 Å². The number of anilines is 2. The Morgan fingerprint density at radius 1 is 0.958 bits per heavy atom. The summed E-state index contributed by atoms with van der Waals surface area (Å²) < 4.78 is 5.75. The summed E-state index contributed by atoms with van der Waals surface area (Å²) in [4.78, 5) is 12.3. The van der Waals surface area contributed by atoms with Crippen molar-refractivity contribution in [2.24, 2.45) is 0 Å². The second kappa shape index (κ2) is 8.39. The van der Waals surface area contributed by atoms with Gasteiger partial charge in [0.1, 0.15) is 5.75 Å². The number of ether oxygens (including phenoxy) is 1. The average Bonchev–Trinajstić information content (AvgIpc) is 2.54. The monoisotopic (exact) mass is 326 g/mol. The highest BCUT2D eigenvalue weighted by molar-refractivity contribution is 5.94. The Morgan fingerprint density at radius 3 is 2.25 bits per heavy atom. The molecule has 0 radical (unpaired) electrons. The molecule has 2 aromatic rings. The van der Waals surface area contributed by atoms with Crippen LogP contribution in [0.15, 0.2) is 48.5 Å². The molecule has 0 aromatic heterocycles. The largest absolute Gasteiger partial charge is 0.489 e.